The van der Waals surface area contributed by atoms with Crippen LogP contribution in [0.5, 0.6) is 0 Å². The monoisotopic (exact) mass is 242 g/mol. The van der Waals surface area contributed by atoms with Crippen molar-refractivity contribution in [3.63, 3.8) is 0 Å². The fourth-order valence-corrected chi connectivity index (χ4v) is 2.04. The number of amides is 1. The molecule has 1 aliphatic heterocycles. The van der Waals surface area contributed by atoms with Gasteiger partial charge in [0.2, 0.25) is 0 Å². The summed E-state index contributed by atoms with van der Waals surface area (Å²) in [4.78, 5) is 13.9. The minimum absolute atomic E-state index is 0.314. The van der Waals surface area contributed by atoms with Crippen LogP contribution in [0.25, 0.3) is 0 Å². The Morgan fingerprint density at radius 3 is 2.47 bits per heavy atom. The Morgan fingerprint density at radius 1 is 1.35 bits per heavy atom. The molecule has 1 heterocycles. The van der Waals surface area contributed by atoms with Gasteiger partial charge >= 0.3 is 6.09 Å². The van der Waals surface area contributed by atoms with Crippen LogP contribution in [0, 0.1) is 5.92 Å². The van der Waals surface area contributed by atoms with Gasteiger partial charge in [-0.05, 0) is 52.6 Å². The highest BCUT2D eigenvalue weighted by atomic mass is 16.6. The van der Waals surface area contributed by atoms with E-state index in [9.17, 15) is 4.79 Å². The summed E-state index contributed by atoms with van der Waals surface area (Å²) < 4.78 is 5.19. The molecule has 1 fully saturated rings. The highest BCUT2D eigenvalue weighted by Gasteiger charge is 2.18. The molecule has 17 heavy (non-hydrogen) atoms. The highest BCUT2D eigenvalue weighted by molar-refractivity contribution is 5.67. The molecule has 0 aliphatic carbocycles. The number of nitrogens with one attached hydrogen (secondary N) is 1. The molecule has 0 aromatic carbocycles. The zero-order valence-electron chi connectivity index (χ0n) is 11.6. The fraction of sp³-hybridized carbons (Fsp3) is 0.923. The number of likely N-dealkylation sites (tertiary alicyclic amines) is 1. The normalized spacial score (nSPS) is 19.1. The Bertz CT molecular complexity index is 242. The average Bonchev–Trinajstić information content (AvgIpc) is 2.64. The summed E-state index contributed by atoms with van der Waals surface area (Å²) in [6.45, 7) is 11.9. The number of ether oxygens (including phenoxy) is 1. The topological polar surface area (TPSA) is 41.6 Å². The molecule has 1 saturated heterocycles. The fourth-order valence-electron chi connectivity index (χ4n) is 2.04. The van der Waals surface area contributed by atoms with Crippen LogP contribution in [0.15, 0.2) is 0 Å². The lowest BCUT2D eigenvalue weighted by atomic mass is 10.1. The van der Waals surface area contributed by atoms with Gasteiger partial charge in [-0.1, -0.05) is 6.92 Å². The van der Waals surface area contributed by atoms with Crippen LogP contribution in [0.4, 0.5) is 4.79 Å². The van der Waals surface area contributed by atoms with Crippen LogP contribution in [0.3, 0.4) is 0 Å². The van der Waals surface area contributed by atoms with Gasteiger partial charge in [0, 0.05) is 13.1 Å². The van der Waals surface area contributed by atoms with Crippen molar-refractivity contribution < 1.29 is 9.53 Å². The van der Waals surface area contributed by atoms with Gasteiger partial charge in [0.15, 0.2) is 0 Å². The Labute approximate surface area is 105 Å². The van der Waals surface area contributed by atoms with Crippen molar-refractivity contribution in [3.05, 3.63) is 0 Å². The number of hydrogen-bond donors (Lipinski definition) is 1. The third-order valence-corrected chi connectivity index (χ3v) is 2.76. The van der Waals surface area contributed by atoms with E-state index in [1.54, 1.807) is 0 Å². The van der Waals surface area contributed by atoms with Crippen molar-refractivity contribution in [2.24, 2.45) is 5.92 Å². The minimum Gasteiger partial charge on any atom is -0.444 e. The predicted molar refractivity (Wildman–Crippen MR) is 69.1 cm³/mol. The molecule has 0 radical (unpaired) electrons. The molecule has 4 heteroatoms. The number of alkyl carbamates (subject to hydrolysis) is 1. The van der Waals surface area contributed by atoms with Crippen LogP contribution in [0.2, 0.25) is 0 Å². The van der Waals surface area contributed by atoms with Crippen molar-refractivity contribution >= 4 is 6.09 Å². The summed E-state index contributed by atoms with van der Waals surface area (Å²) in [6.07, 6.45) is 2.31. The number of nitrogens with zero attached hydrogens (tertiary/aromatic N) is 1. The quantitative estimate of drug-likeness (QED) is 0.822. The van der Waals surface area contributed by atoms with Gasteiger partial charge < -0.3 is 15.0 Å². The number of hydrogen-bond acceptors (Lipinski definition) is 3. The van der Waals surface area contributed by atoms with E-state index in [0.717, 1.165) is 6.54 Å². The molecule has 0 aromatic heterocycles. The summed E-state index contributed by atoms with van der Waals surface area (Å²) in [5.74, 6) is 0.473. The van der Waals surface area contributed by atoms with Gasteiger partial charge in [0.25, 0.3) is 0 Å². The summed E-state index contributed by atoms with van der Waals surface area (Å²) in [5, 5.41) is 2.83. The van der Waals surface area contributed by atoms with Gasteiger partial charge in [0.05, 0.1) is 0 Å². The summed E-state index contributed by atoms with van der Waals surface area (Å²) in [7, 11) is 0. The predicted octanol–water partition coefficient (Wildman–Crippen LogP) is 2.24. The molecule has 1 atom stereocenters. The smallest absolute Gasteiger partial charge is 0.407 e. The zero-order valence-corrected chi connectivity index (χ0v) is 11.6. The molecule has 0 aromatic rings. The Morgan fingerprint density at radius 2 is 1.94 bits per heavy atom. The van der Waals surface area contributed by atoms with Crippen molar-refractivity contribution in [3.8, 4) is 0 Å². The third-order valence-electron chi connectivity index (χ3n) is 2.76. The van der Waals surface area contributed by atoms with Crippen molar-refractivity contribution in [2.45, 2.75) is 46.1 Å². The van der Waals surface area contributed by atoms with Crippen molar-refractivity contribution in [1.29, 1.82) is 0 Å². The Hall–Kier alpha value is -0.770. The summed E-state index contributed by atoms with van der Waals surface area (Å²) >= 11 is 0. The maximum atomic E-state index is 11.5. The van der Waals surface area contributed by atoms with E-state index < -0.39 is 5.60 Å². The van der Waals surface area contributed by atoms with Crippen LogP contribution in [0.1, 0.15) is 40.5 Å². The average molecular weight is 242 g/mol. The molecule has 0 saturated carbocycles. The highest BCUT2D eigenvalue weighted by Crippen LogP contribution is 2.10. The number of carbonyl (C=O) groups is 1. The van der Waals surface area contributed by atoms with E-state index in [1.807, 2.05) is 20.8 Å². The minimum atomic E-state index is -0.414. The van der Waals surface area contributed by atoms with Gasteiger partial charge in [-0.2, -0.15) is 0 Å². The molecule has 1 amide bonds. The molecule has 1 rings (SSSR count). The summed E-state index contributed by atoms with van der Waals surface area (Å²) in [6, 6.07) is 0. The maximum Gasteiger partial charge on any atom is 0.407 e. The largest absolute Gasteiger partial charge is 0.444 e. The van der Waals surface area contributed by atoms with Gasteiger partial charge in [0.1, 0.15) is 5.60 Å². The molecule has 1 aliphatic rings. The molecule has 4 nitrogen and oxygen atoms in total. The van der Waals surface area contributed by atoms with E-state index in [1.165, 1.54) is 25.9 Å². The first-order valence-electron chi connectivity index (χ1n) is 6.56. The van der Waals surface area contributed by atoms with Crippen LogP contribution in [-0.2, 0) is 4.74 Å². The molecule has 0 bridgehead atoms. The van der Waals surface area contributed by atoms with Crippen LogP contribution >= 0.6 is 0 Å². The molecular weight excluding hydrogens is 216 g/mol. The first-order valence-corrected chi connectivity index (χ1v) is 6.56. The Balaban J connectivity index is 2.14. The van der Waals surface area contributed by atoms with E-state index in [-0.39, 0.29) is 6.09 Å². The lowest BCUT2D eigenvalue weighted by Gasteiger charge is -2.23. The van der Waals surface area contributed by atoms with E-state index >= 15 is 0 Å². The van der Waals surface area contributed by atoms with E-state index in [2.05, 4.69) is 17.1 Å². The lowest BCUT2D eigenvalue weighted by Crippen LogP contribution is -2.37. The lowest BCUT2D eigenvalue weighted by molar-refractivity contribution is 0.0517. The van der Waals surface area contributed by atoms with Crippen LogP contribution < -0.4 is 5.32 Å². The zero-order chi connectivity index (χ0) is 12.9. The first kappa shape index (κ1) is 14.3. The molecular formula is C13H26N2O2. The SMILES string of the molecule is CC(CNC(=O)OC(C)(C)C)CN1CCCC1. The second-order valence-electron chi connectivity index (χ2n) is 6.00. The molecule has 1 unspecified atom stereocenters. The Kier molecular flexibility index (Phi) is 5.25. The molecule has 1 N–H and O–H groups in total. The van der Waals surface area contributed by atoms with Gasteiger partial charge in [-0.3, -0.25) is 0 Å². The van der Waals surface area contributed by atoms with Crippen LogP contribution in [-0.4, -0.2) is 42.8 Å². The number of rotatable bonds is 4. The van der Waals surface area contributed by atoms with Crippen molar-refractivity contribution in [2.75, 3.05) is 26.2 Å². The number of carbonyl (C=O) groups excluding carboxylic acids is 1. The second-order valence-corrected chi connectivity index (χ2v) is 6.00. The second kappa shape index (κ2) is 6.24. The van der Waals surface area contributed by atoms with Gasteiger partial charge in [-0.15, -0.1) is 0 Å². The van der Waals surface area contributed by atoms with E-state index in [0.29, 0.717) is 12.5 Å². The van der Waals surface area contributed by atoms with Gasteiger partial charge in [-0.25, -0.2) is 4.79 Å². The third kappa shape index (κ3) is 6.51. The standard InChI is InChI=1S/C13H26N2O2/c1-11(10-15-7-5-6-8-15)9-14-12(16)17-13(2,3)4/h11H,5-10H2,1-4H3,(H,14,16). The first-order chi connectivity index (χ1) is 7.87. The van der Waals surface area contributed by atoms with E-state index in [4.69, 9.17) is 4.74 Å². The summed E-state index contributed by atoms with van der Waals surface area (Å²) in [5.41, 5.74) is -0.414. The van der Waals surface area contributed by atoms with Crippen molar-refractivity contribution in [1.82, 2.24) is 10.2 Å². The molecule has 100 valence electrons. The molecule has 0 spiro atoms. The maximum absolute atomic E-state index is 11.5.